The normalized spacial score (nSPS) is 11.7. The van der Waals surface area contributed by atoms with Gasteiger partial charge in [-0.1, -0.05) is 139 Å². The molecule has 2 aromatic heterocycles. The summed E-state index contributed by atoms with van der Waals surface area (Å²) in [5.74, 6) is 6.67. The first-order valence-corrected chi connectivity index (χ1v) is 20.2. The average molecular weight is 665 g/mol. The van der Waals surface area contributed by atoms with Gasteiger partial charge < -0.3 is 0 Å². The summed E-state index contributed by atoms with van der Waals surface area (Å²) >= 11 is 3.84. The summed E-state index contributed by atoms with van der Waals surface area (Å²) < 4.78 is 5.47. The predicted octanol–water partition coefficient (Wildman–Crippen LogP) is 15.0. The van der Waals surface area contributed by atoms with Crippen molar-refractivity contribution in [2.24, 2.45) is 0 Å². The number of hydrogen-bond acceptors (Lipinski definition) is 2. The second-order valence-electron chi connectivity index (χ2n) is 13.8. The fraction of sp³-hybridized carbons (Fsp3) is 0.348. The van der Waals surface area contributed by atoms with Crippen LogP contribution in [0.2, 0.25) is 0 Å². The van der Waals surface area contributed by atoms with Crippen LogP contribution in [0.3, 0.4) is 0 Å². The predicted molar refractivity (Wildman–Crippen MR) is 216 cm³/mol. The van der Waals surface area contributed by atoms with Crippen LogP contribution in [0, 0.1) is 11.8 Å². The van der Waals surface area contributed by atoms with E-state index in [0.717, 1.165) is 11.1 Å². The highest BCUT2D eigenvalue weighted by Gasteiger charge is 2.11. The maximum atomic E-state index is 3.36. The van der Waals surface area contributed by atoms with Crippen LogP contribution in [0.4, 0.5) is 0 Å². The third-order valence-electron chi connectivity index (χ3n) is 10.0. The molecule has 0 fully saturated rings. The van der Waals surface area contributed by atoms with Gasteiger partial charge in [0.1, 0.15) is 0 Å². The second kappa shape index (κ2) is 16.2. The summed E-state index contributed by atoms with van der Waals surface area (Å²) in [4.78, 5) is 0. The fourth-order valence-corrected chi connectivity index (χ4v) is 9.64. The molecule has 244 valence electrons. The Balaban J connectivity index is 0.960. The van der Waals surface area contributed by atoms with Crippen molar-refractivity contribution in [3.05, 3.63) is 108 Å². The minimum atomic E-state index is 1.05. The fourth-order valence-electron chi connectivity index (χ4n) is 7.26. The zero-order chi connectivity index (χ0) is 32.5. The molecule has 0 spiro atoms. The van der Waals surface area contributed by atoms with E-state index >= 15 is 0 Å². The molecule has 7 aromatic rings. The molecule has 7 rings (SSSR count). The summed E-state index contributed by atoms with van der Waals surface area (Å²) in [6, 6.07) is 33.8. The van der Waals surface area contributed by atoms with Gasteiger partial charge in [0.2, 0.25) is 0 Å². The first-order chi connectivity index (χ1) is 23.7. The molecule has 0 unspecified atom stereocenters. The van der Waals surface area contributed by atoms with Crippen molar-refractivity contribution in [3.8, 4) is 11.8 Å². The van der Waals surface area contributed by atoms with Crippen LogP contribution in [0.25, 0.3) is 51.1 Å². The van der Waals surface area contributed by atoms with Gasteiger partial charge in [-0.25, -0.2) is 0 Å². The van der Waals surface area contributed by atoms with Crippen molar-refractivity contribution >= 4 is 73.8 Å². The molecule has 0 aliphatic heterocycles. The first-order valence-electron chi connectivity index (χ1n) is 18.6. The summed E-state index contributed by atoms with van der Waals surface area (Å²) in [5, 5.41) is 8.13. The van der Waals surface area contributed by atoms with Gasteiger partial charge in [0.15, 0.2) is 0 Å². The molecule has 0 radical (unpaired) electrons. The number of thiophene rings is 2. The molecule has 48 heavy (non-hydrogen) atoms. The summed E-state index contributed by atoms with van der Waals surface area (Å²) in [6.07, 6.45) is 21.0. The minimum absolute atomic E-state index is 1.05. The van der Waals surface area contributed by atoms with Crippen LogP contribution in [0.5, 0.6) is 0 Å². The van der Waals surface area contributed by atoms with Crippen molar-refractivity contribution in [2.45, 2.75) is 103 Å². The van der Waals surface area contributed by atoms with Gasteiger partial charge in [-0.3, -0.25) is 0 Å². The van der Waals surface area contributed by atoms with E-state index < -0.39 is 0 Å². The molecule has 0 aliphatic carbocycles. The van der Waals surface area contributed by atoms with Gasteiger partial charge in [-0.05, 0) is 83.8 Å². The topological polar surface area (TPSA) is 0 Å². The number of hydrogen-bond donors (Lipinski definition) is 0. The lowest BCUT2D eigenvalue weighted by molar-refractivity contribution is 0.535. The second-order valence-corrected chi connectivity index (χ2v) is 15.9. The van der Waals surface area contributed by atoms with Crippen LogP contribution in [0.1, 0.15) is 114 Å². The Morgan fingerprint density at radius 1 is 0.417 bits per heavy atom. The van der Waals surface area contributed by atoms with Crippen molar-refractivity contribution in [2.75, 3.05) is 0 Å². The van der Waals surface area contributed by atoms with E-state index in [1.54, 1.807) is 0 Å². The lowest BCUT2D eigenvalue weighted by Crippen LogP contribution is -1.86. The molecule has 0 bridgehead atoms. The number of aryl methyl sites for hydroxylation is 1. The van der Waals surface area contributed by atoms with Crippen LogP contribution >= 0.6 is 22.7 Å². The highest BCUT2D eigenvalue weighted by Crippen LogP contribution is 2.41. The number of unbranched alkanes of at least 4 members (excludes halogenated alkanes) is 13. The molecule has 0 nitrogen and oxygen atoms in total. The van der Waals surface area contributed by atoms with Gasteiger partial charge in [0.05, 0.1) is 0 Å². The number of benzene rings is 5. The summed E-state index contributed by atoms with van der Waals surface area (Å²) in [6.45, 7) is 2.30. The van der Waals surface area contributed by atoms with Crippen molar-refractivity contribution in [3.63, 3.8) is 0 Å². The molecular formula is C46H48S2. The molecule has 0 saturated carbocycles. The average Bonchev–Trinajstić information content (AvgIpc) is 3.65. The van der Waals surface area contributed by atoms with Crippen molar-refractivity contribution < 1.29 is 0 Å². The summed E-state index contributed by atoms with van der Waals surface area (Å²) in [5.41, 5.74) is 3.62. The van der Waals surface area contributed by atoms with Gasteiger partial charge in [-0.15, -0.1) is 22.7 Å². The lowest BCUT2D eigenvalue weighted by Gasteiger charge is -2.04. The summed E-state index contributed by atoms with van der Waals surface area (Å²) in [7, 11) is 0. The van der Waals surface area contributed by atoms with Gasteiger partial charge in [-0.2, -0.15) is 0 Å². The Morgan fingerprint density at radius 3 is 1.52 bits per heavy atom. The van der Waals surface area contributed by atoms with Gasteiger partial charge >= 0.3 is 0 Å². The standard InChI is InChI=1S/C46H48S2/c1-2-3-4-5-6-7-8-9-10-11-12-13-14-16-21-35-24-26-39-41-30-37-33-46-42(31-38(37)32-45(41)47-43(39)28-35)40-27-25-36(29-44(40)48-46)23-22-34-19-17-15-18-20-34/h15,17-20,24-33H,2-14,16,21H2,1H3. The van der Waals surface area contributed by atoms with Crippen molar-refractivity contribution in [1.29, 1.82) is 0 Å². The minimum Gasteiger partial charge on any atom is -0.135 e. The zero-order valence-corrected chi connectivity index (χ0v) is 30.2. The van der Waals surface area contributed by atoms with E-state index in [9.17, 15) is 0 Å². The third-order valence-corrected chi connectivity index (χ3v) is 12.3. The molecule has 2 heteroatoms. The Labute approximate surface area is 295 Å². The molecule has 0 aliphatic rings. The van der Waals surface area contributed by atoms with Crippen molar-refractivity contribution in [1.82, 2.24) is 0 Å². The van der Waals surface area contributed by atoms with Crippen LogP contribution in [-0.4, -0.2) is 0 Å². The molecule has 5 aromatic carbocycles. The molecule has 0 atom stereocenters. The van der Waals surface area contributed by atoms with Crippen LogP contribution < -0.4 is 0 Å². The largest absolute Gasteiger partial charge is 0.135 e. The quantitative estimate of drug-likeness (QED) is 0.0756. The zero-order valence-electron chi connectivity index (χ0n) is 28.6. The maximum Gasteiger partial charge on any atom is 0.0367 e. The molecule has 0 amide bonds. The molecule has 0 N–H and O–H groups in total. The molecule has 2 heterocycles. The maximum absolute atomic E-state index is 3.36. The van der Waals surface area contributed by atoms with Gasteiger partial charge in [0, 0.05) is 51.5 Å². The highest BCUT2D eigenvalue weighted by atomic mass is 32.1. The smallest absolute Gasteiger partial charge is 0.0367 e. The SMILES string of the molecule is CCCCCCCCCCCCCCCCc1ccc2c(c1)sc1cc3cc4c(cc3cc12)sc1cc(C#Cc2ccccc2)ccc14. The highest BCUT2D eigenvalue weighted by molar-refractivity contribution is 7.26. The van der Waals surface area contributed by atoms with E-state index in [2.05, 4.69) is 91.6 Å². The van der Waals surface area contributed by atoms with Crippen LogP contribution in [-0.2, 0) is 6.42 Å². The Morgan fingerprint density at radius 2 is 0.917 bits per heavy atom. The van der Waals surface area contributed by atoms with E-state index in [1.165, 1.54) is 153 Å². The monoisotopic (exact) mass is 664 g/mol. The van der Waals surface area contributed by atoms with Gasteiger partial charge in [0.25, 0.3) is 0 Å². The Hall–Kier alpha value is -3.64. The van der Waals surface area contributed by atoms with E-state index in [0.29, 0.717) is 0 Å². The third kappa shape index (κ3) is 7.97. The van der Waals surface area contributed by atoms with E-state index in [-0.39, 0.29) is 0 Å². The first kappa shape index (κ1) is 32.9. The lowest BCUT2D eigenvalue weighted by atomic mass is 10.0. The van der Waals surface area contributed by atoms with E-state index in [1.807, 2.05) is 40.9 Å². The Bertz CT molecular complexity index is 2180. The number of fused-ring (bicyclic) bond motifs is 7. The van der Waals surface area contributed by atoms with Crippen LogP contribution in [0.15, 0.2) is 91.0 Å². The van der Waals surface area contributed by atoms with E-state index in [4.69, 9.17) is 0 Å². The molecule has 0 saturated heterocycles. The molecular weight excluding hydrogens is 617 g/mol. The Kier molecular flexibility index (Phi) is 11.1. The number of rotatable bonds is 15.